The van der Waals surface area contributed by atoms with E-state index < -0.39 is 11.7 Å². The number of alkyl halides is 3. The molecule has 0 saturated carbocycles. The Hall–Kier alpha value is -1.59. The summed E-state index contributed by atoms with van der Waals surface area (Å²) in [6.45, 7) is 12.2. The van der Waals surface area contributed by atoms with Crippen LogP contribution in [0.25, 0.3) is 0 Å². The van der Waals surface area contributed by atoms with Gasteiger partial charge in [-0.15, -0.1) is 0 Å². The molecular weight excluding hydrogens is 315 g/mol. The Morgan fingerprint density at radius 3 is 2.54 bits per heavy atom. The molecule has 0 bridgehead atoms. The van der Waals surface area contributed by atoms with Gasteiger partial charge in [0.25, 0.3) is 0 Å². The molecule has 0 radical (unpaired) electrons. The first-order valence-corrected chi connectivity index (χ1v) is 8.02. The minimum atomic E-state index is -4.31. The SMILES string of the molecule is C=CC1=C(C(=C)/C(=C/C=C(\C)C(F)(F)F)CC)CCOC1CNC. The quantitative estimate of drug-likeness (QED) is 0.667. The van der Waals surface area contributed by atoms with Gasteiger partial charge >= 0.3 is 6.18 Å². The number of rotatable bonds is 7. The molecular formula is C19H26F3NO. The van der Waals surface area contributed by atoms with Gasteiger partial charge in [0.2, 0.25) is 0 Å². The predicted octanol–water partition coefficient (Wildman–Crippen LogP) is 4.88. The summed E-state index contributed by atoms with van der Waals surface area (Å²) in [5, 5.41) is 3.08. The number of likely N-dealkylation sites (N-methyl/N-ethyl adjacent to an activating group) is 1. The van der Waals surface area contributed by atoms with Crippen LogP contribution in [0.3, 0.4) is 0 Å². The van der Waals surface area contributed by atoms with Crippen LogP contribution in [0.4, 0.5) is 13.2 Å². The Balaban J connectivity index is 3.18. The largest absolute Gasteiger partial charge is 0.412 e. The van der Waals surface area contributed by atoms with Crippen molar-refractivity contribution in [2.45, 2.75) is 39.0 Å². The van der Waals surface area contributed by atoms with E-state index in [1.165, 1.54) is 6.08 Å². The fourth-order valence-corrected chi connectivity index (χ4v) is 2.61. The summed E-state index contributed by atoms with van der Waals surface area (Å²) >= 11 is 0. The zero-order chi connectivity index (χ0) is 18.3. The summed E-state index contributed by atoms with van der Waals surface area (Å²) in [6.07, 6.45) is 1.25. The van der Waals surface area contributed by atoms with Gasteiger partial charge in [-0.1, -0.05) is 38.3 Å². The standard InChI is InChI=1S/C19H26F3NO/c1-6-15(9-8-13(3)19(20,21)22)14(4)17-10-11-24-18(12-23-5)16(17)7-2/h7-9,18,23H,2,4,6,10-12H2,1,3,5H3/b13-8+,15-9+. The lowest BCUT2D eigenvalue weighted by molar-refractivity contribution is -0.0913. The van der Waals surface area contributed by atoms with Crippen LogP contribution in [-0.4, -0.2) is 32.5 Å². The molecule has 0 amide bonds. The molecule has 1 heterocycles. The molecule has 134 valence electrons. The Morgan fingerprint density at radius 1 is 1.38 bits per heavy atom. The zero-order valence-electron chi connectivity index (χ0n) is 14.6. The number of halogens is 3. The lowest BCUT2D eigenvalue weighted by Crippen LogP contribution is -2.32. The van der Waals surface area contributed by atoms with Gasteiger partial charge in [-0.3, -0.25) is 0 Å². The summed E-state index contributed by atoms with van der Waals surface area (Å²) in [5.74, 6) is 0. The van der Waals surface area contributed by atoms with Gasteiger partial charge in [-0.25, -0.2) is 0 Å². The van der Waals surface area contributed by atoms with Gasteiger partial charge in [-0.05, 0) is 49.1 Å². The normalized spacial score (nSPS) is 20.3. The fraction of sp³-hybridized carbons (Fsp3) is 0.474. The van der Waals surface area contributed by atoms with Gasteiger partial charge < -0.3 is 10.1 Å². The summed E-state index contributed by atoms with van der Waals surface area (Å²) in [4.78, 5) is 0. The molecule has 2 nitrogen and oxygen atoms in total. The maximum atomic E-state index is 12.6. The van der Waals surface area contributed by atoms with Crippen molar-refractivity contribution in [2.24, 2.45) is 0 Å². The first-order valence-electron chi connectivity index (χ1n) is 8.02. The average Bonchev–Trinajstić information content (AvgIpc) is 2.54. The van der Waals surface area contributed by atoms with Crippen LogP contribution in [-0.2, 0) is 4.74 Å². The van der Waals surface area contributed by atoms with E-state index in [4.69, 9.17) is 4.74 Å². The molecule has 1 aliphatic rings. The topological polar surface area (TPSA) is 21.3 Å². The van der Waals surface area contributed by atoms with Gasteiger partial charge in [0.1, 0.15) is 0 Å². The molecule has 0 saturated heterocycles. The van der Waals surface area contributed by atoms with E-state index >= 15 is 0 Å². The Bertz CT molecular complexity index is 568. The van der Waals surface area contributed by atoms with Crippen LogP contribution in [0.15, 0.2) is 59.3 Å². The molecule has 0 fully saturated rings. The Kier molecular flexibility index (Phi) is 7.70. The van der Waals surface area contributed by atoms with Gasteiger partial charge in [0, 0.05) is 12.1 Å². The zero-order valence-corrected chi connectivity index (χ0v) is 14.6. The summed E-state index contributed by atoms with van der Waals surface area (Å²) in [5.41, 5.74) is 2.90. The second-order valence-corrected chi connectivity index (χ2v) is 5.68. The van der Waals surface area contributed by atoms with Crippen LogP contribution in [0.5, 0.6) is 0 Å². The molecule has 0 spiro atoms. The van der Waals surface area contributed by atoms with Crippen molar-refractivity contribution in [1.82, 2.24) is 5.32 Å². The van der Waals surface area contributed by atoms with Crippen molar-refractivity contribution < 1.29 is 17.9 Å². The maximum Gasteiger partial charge on any atom is 0.412 e. The highest BCUT2D eigenvalue weighted by molar-refractivity contribution is 5.52. The minimum absolute atomic E-state index is 0.112. The van der Waals surface area contributed by atoms with Crippen LogP contribution in [0.2, 0.25) is 0 Å². The van der Waals surface area contributed by atoms with Crippen LogP contribution < -0.4 is 5.32 Å². The van der Waals surface area contributed by atoms with E-state index in [1.807, 2.05) is 14.0 Å². The highest BCUT2D eigenvalue weighted by atomic mass is 19.4. The number of nitrogens with one attached hydrogen (secondary N) is 1. The second kappa shape index (κ2) is 9.04. The van der Waals surface area contributed by atoms with E-state index in [2.05, 4.69) is 18.5 Å². The van der Waals surface area contributed by atoms with Crippen molar-refractivity contribution in [1.29, 1.82) is 0 Å². The molecule has 5 heteroatoms. The van der Waals surface area contributed by atoms with Crippen molar-refractivity contribution in [2.75, 3.05) is 20.2 Å². The molecule has 1 N–H and O–H groups in total. The van der Waals surface area contributed by atoms with Crippen molar-refractivity contribution in [3.05, 3.63) is 59.3 Å². The van der Waals surface area contributed by atoms with Crippen LogP contribution >= 0.6 is 0 Å². The average molecular weight is 341 g/mol. The molecule has 0 aromatic carbocycles. The summed E-state index contributed by atoms with van der Waals surface area (Å²) in [7, 11) is 1.84. The van der Waals surface area contributed by atoms with Gasteiger partial charge in [0.15, 0.2) is 0 Å². The molecule has 1 rings (SSSR count). The molecule has 1 aliphatic heterocycles. The van der Waals surface area contributed by atoms with E-state index in [1.54, 1.807) is 6.08 Å². The highest BCUT2D eigenvalue weighted by Crippen LogP contribution is 2.32. The predicted molar refractivity (Wildman–Crippen MR) is 92.8 cm³/mol. The number of allylic oxidation sites excluding steroid dienone is 5. The number of ether oxygens (including phenoxy) is 1. The Labute approximate surface area is 142 Å². The van der Waals surface area contributed by atoms with E-state index in [0.717, 1.165) is 35.3 Å². The van der Waals surface area contributed by atoms with Crippen LogP contribution in [0.1, 0.15) is 26.7 Å². The van der Waals surface area contributed by atoms with Crippen molar-refractivity contribution in [3.8, 4) is 0 Å². The minimum Gasteiger partial charge on any atom is -0.372 e. The monoisotopic (exact) mass is 341 g/mol. The first-order chi connectivity index (χ1) is 11.3. The lowest BCUT2D eigenvalue weighted by Gasteiger charge is -2.29. The fourth-order valence-electron chi connectivity index (χ4n) is 2.61. The summed E-state index contributed by atoms with van der Waals surface area (Å²) < 4.78 is 43.7. The van der Waals surface area contributed by atoms with E-state index in [0.29, 0.717) is 26.0 Å². The Morgan fingerprint density at radius 2 is 2.04 bits per heavy atom. The second-order valence-electron chi connectivity index (χ2n) is 5.68. The number of hydrogen-bond acceptors (Lipinski definition) is 2. The van der Waals surface area contributed by atoms with Gasteiger partial charge in [-0.2, -0.15) is 13.2 Å². The molecule has 0 aromatic rings. The van der Waals surface area contributed by atoms with Crippen molar-refractivity contribution in [3.63, 3.8) is 0 Å². The molecule has 1 unspecified atom stereocenters. The van der Waals surface area contributed by atoms with Gasteiger partial charge in [0.05, 0.1) is 12.7 Å². The summed E-state index contributed by atoms with van der Waals surface area (Å²) in [6, 6.07) is 0. The molecule has 0 aromatic heterocycles. The maximum absolute atomic E-state index is 12.6. The third-order valence-corrected chi connectivity index (χ3v) is 4.09. The lowest BCUT2D eigenvalue weighted by atomic mass is 9.87. The highest BCUT2D eigenvalue weighted by Gasteiger charge is 2.29. The third-order valence-electron chi connectivity index (χ3n) is 4.09. The smallest absolute Gasteiger partial charge is 0.372 e. The van der Waals surface area contributed by atoms with E-state index in [9.17, 15) is 13.2 Å². The molecule has 0 aliphatic carbocycles. The van der Waals surface area contributed by atoms with Crippen LogP contribution in [0, 0.1) is 0 Å². The third kappa shape index (κ3) is 5.21. The van der Waals surface area contributed by atoms with Crippen molar-refractivity contribution >= 4 is 0 Å². The molecule has 1 atom stereocenters. The number of hydrogen-bond donors (Lipinski definition) is 1. The first kappa shape index (κ1) is 20.5. The van der Waals surface area contributed by atoms with E-state index in [-0.39, 0.29) is 6.10 Å². The molecule has 24 heavy (non-hydrogen) atoms.